The molecule has 2 heterocycles. The lowest BCUT2D eigenvalue weighted by molar-refractivity contribution is 0.0679. The number of ether oxygens (including phenoxy) is 2. The number of nitrogens with zero attached hydrogens (tertiary/aromatic N) is 2. The Labute approximate surface area is 164 Å². The summed E-state index contributed by atoms with van der Waals surface area (Å²) in [5.74, 6) is 1.61. The molecule has 0 unspecified atom stereocenters. The van der Waals surface area contributed by atoms with E-state index in [0.717, 1.165) is 42.1 Å². The highest BCUT2D eigenvalue weighted by Crippen LogP contribution is 2.17. The van der Waals surface area contributed by atoms with E-state index in [2.05, 4.69) is 14.9 Å². The van der Waals surface area contributed by atoms with Gasteiger partial charge in [0.15, 0.2) is 0 Å². The number of rotatable bonds is 7. The minimum absolute atomic E-state index is 0.0900. The molecule has 3 aromatic rings. The average Bonchev–Trinajstić information content (AvgIpc) is 3.34. The topological polar surface area (TPSA) is 65.4 Å². The Kier molecular flexibility index (Phi) is 5.58. The molecule has 1 aromatic heterocycles. The number of nitrogens with one attached hydrogen (secondary N) is 1. The lowest BCUT2D eigenvalue weighted by Gasteiger charge is -2.12. The first-order chi connectivity index (χ1) is 13.7. The van der Waals surface area contributed by atoms with E-state index in [0.29, 0.717) is 25.3 Å². The maximum Gasteiger partial charge on any atom is 0.251 e. The van der Waals surface area contributed by atoms with Gasteiger partial charge in [-0.15, -0.1) is 0 Å². The molecule has 4 rings (SSSR count). The van der Waals surface area contributed by atoms with Crippen LogP contribution in [0.25, 0.3) is 11.0 Å². The molecule has 1 atom stereocenters. The van der Waals surface area contributed by atoms with Crippen molar-refractivity contribution in [3.8, 4) is 5.75 Å². The SMILES string of the molecule is Cc1nc2ccccc2n1CCNC(=O)c1ccc(OC[C@H]2CCCO2)cc1. The standard InChI is InChI=1S/C22H25N3O3/c1-16-24-20-6-2-3-7-21(20)25(16)13-12-23-22(26)17-8-10-18(11-9-17)28-15-19-5-4-14-27-19/h2-3,6-11,19H,4-5,12-15H2,1H3,(H,23,26)/t19-/m1/s1. The van der Waals surface area contributed by atoms with Crippen molar-refractivity contribution in [2.75, 3.05) is 19.8 Å². The fraction of sp³-hybridized carbons (Fsp3) is 0.364. The molecule has 6 heteroatoms. The molecule has 1 amide bonds. The molecule has 2 aromatic carbocycles. The minimum Gasteiger partial charge on any atom is -0.491 e. The van der Waals surface area contributed by atoms with E-state index in [1.807, 2.05) is 43.3 Å². The number of para-hydroxylation sites is 2. The summed E-state index contributed by atoms with van der Waals surface area (Å²) in [7, 11) is 0. The number of carbonyl (C=O) groups is 1. The second-order valence-electron chi connectivity index (χ2n) is 7.03. The number of benzene rings is 2. The molecule has 6 nitrogen and oxygen atoms in total. The van der Waals surface area contributed by atoms with Crippen LogP contribution in [-0.2, 0) is 11.3 Å². The van der Waals surface area contributed by atoms with Crippen molar-refractivity contribution in [3.05, 3.63) is 59.9 Å². The molecule has 1 fully saturated rings. The highest BCUT2D eigenvalue weighted by molar-refractivity contribution is 5.94. The maximum atomic E-state index is 12.4. The van der Waals surface area contributed by atoms with E-state index in [9.17, 15) is 4.79 Å². The van der Waals surface area contributed by atoms with E-state index in [1.54, 1.807) is 12.1 Å². The average molecular weight is 379 g/mol. The van der Waals surface area contributed by atoms with Gasteiger partial charge in [0.2, 0.25) is 0 Å². The van der Waals surface area contributed by atoms with Crippen LogP contribution in [0.5, 0.6) is 5.75 Å². The Balaban J connectivity index is 1.29. The summed E-state index contributed by atoms with van der Waals surface area (Å²) in [6.45, 7) is 4.58. The number of imidazole rings is 1. The monoisotopic (exact) mass is 379 g/mol. The van der Waals surface area contributed by atoms with Crippen molar-refractivity contribution in [2.24, 2.45) is 0 Å². The Morgan fingerprint density at radius 1 is 1.25 bits per heavy atom. The van der Waals surface area contributed by atoms with Crippen molar-refractivity contribution in [1.82, 2.24) is 14.9 Å². The van der Waals surface area contributed by atoms with E-state index >= 15 is 0 Å². The van der Waals surface area contributed by atoms with Crippen molar-refractivity contribution in [2.45, 2.75) is 32.4 Å². The van der Waals surface area contributed by atoms with Crippen LogP contribution in [0.4, 0.5) is 0 Å². The second kappa shape index (κ2) is 8.44. The molecule has 1 N–H and O–H groups in total. The lowest BCUT2D eigenvalue weighted by atomic mass is 10.2. The van der Waals surface area contributed by atoms with Gasteiger partial charge in [-0.25, -0.2) is 4.98 Å². The molecule has 1 aliphatic heterocycles. The van der Waals surface area contributed by atoms with E-state index < -0.39 is 0 Å². The molecular weight excluding hydrogens is 354 g/mol. The third-order valence-corrected chi connectivity index (χ3v) is 5.04. The van der Waals surface area contributed by atoms with Crippen LogP contribution >= 0.6 is 0 Å². The van der Waals surface area contributed by atoms with Gasteiger partial charge in [0.1, 0.15) is 18.2 Å². The molecule has 0 aliphatic carbocycles. The number of carbonyl (C=O) groups excluding carboxylic acids is 1. The summed E-state index contributed by atoms with van der Waals surface area (Å²) in [5.41, 5.74) is 2.68. The normalized spacial score (nSPS) is 16.4. The lowest BCUT2D eigenvalue weighted by Crippen LogP contribution is -2.27. The molecule has 28 heavy (non-hydrogen) atoms. The van der Waals surface area contributed by atoms with Crippen molar-refractivity contribution in [3.63, 3.8) is 0 Å². The van der Waals surface area contributed by atoms with Crippen LogP contribution in [0, 0.1) is 6.92 Å². The summed E-state index contributed by atoms with van der Waals surface area (Å²) in [6, 6.07) is 15.3. The van der Waals surface area contributed by atoms with Gasteiger partial charge in [-0.1, -0.05) is 12.1 Å². The number of aromatic nitrogens is 2. The molecule has 0 saturated carbocycles. The van der Waals surface area contributed by atoms with Gasteiger partial charge in [-0.2, -0.15) is 0 Å². The van der Waals surface area contributed by atoms with Gasteiger partial charge < -0.3 is 19.4 Å². The smallest absolute Gasteiger partial charge is 0.251 e. The third kappa shape index (κ3) is 4.17. The summed E-state index contributed by atoms with van der Waals surface area (Å²) in [6.07, 6.45) is 2.33. The first-order valence-electron chi connectivity index (χ1n) is 9.75. The molecule has 0 radical (unpaired) electrons. The summed E-state index contributed by atoms with van der Waals surface area (Å²) >= 11 is 0. The second-order valence-corrected chi connectivity index (χ2v) is 7.03. The first kappa shape index (κ1) is 18.5. The van der Waals surface area contributed by atoms with Gasteiger partial charge in [0.05, 0.1) is 17.1 Å². The molecule has 1 aliphatic rings. The molecule has 1 saturated heterocycles. The van der Waals surface area contributed by atoms with Gasteiger partial charge in [-0.3, -0.25) is 4.79 Å². The van der Waals surface area contributed by atoms with Crippen molar-refractivity contribution in [1.29, 1.82) is 0 Å². The number of fused-ring (bicyclic) bond motifs is 1. The summed E-state index contributed by atoms with van der Waals surface area (Å²) in [4.78, 5) is 17.0. The quantitative estimate of drug-likeness (QED) is 0.684. The van der Waals surface area contributed by atoms with Crippen LogP contribution in [0.1, 0.15) is 29.0 Å². The zero-order chi connectivity index (χ0) is 19.3. The Bertz CT molecular complexity index is 943. The summed E-state index contributed by atoms with van der Waals surface area (Å²) < 4.78 is 13.4. The highest BCUT2D eigenvalue weighted by atomic mass is 16.5. The van der Waals surface area contributed by atoms with Crippen LogP contribution in [0.2, 0.25) is 0 Å². The van der Waals surface area contributed by atoms with Crippen LogP contribution in [0.3, 0.4) is 0 Å². The molecule has 0 spiro atoms. The predicted octanol–water partition coefficient (Wildman–Crippen LogP) is 3.33. The summed E-state index contributed by atoms with van der Waals surface area (Å²) in [5, 5.41) is 2.98. The zero-order valence-corrected chi connectivity index (χ0v) is 16.1. The zero-order valence-electron chi connectivity index (χ0n) is 16.1. The molecule has 0 bridgehead atoms. The first-order valence-corrected chi connectivity index (χ1v) is 9.75. The largest absolute Gasteiger partial charge is 0.491 e. The Hall–Kier alpha value is -2.86. The van der Waals surface area contributed by atoms with Gasteiger partial charge in [0.25, 0.3) is 5.91 Å². The third-order valence-electron chi connectivity index (χ3n) is 5.04. The Morgan fingerprint density at radius 3 is 2.86 bits per heavy atom. The van der Waals surface area contributed by atoms with Crippen LogP contribution < -0.4 is 10.1 Å². The van der Waals surface area contributed by atoms with Crippen molar-refractivity contribution >= 4 is 16.9 Å². The van der Waals surface area contributed by atoms with Crippen LogP contribution in [-0.4, -0.2) is 41.3 Å². The number of hydrogen-bond donors (Lipinski definition) is 1. The predicted molar refractivity (Wildman–Crippen MR) is 108 cm³/mol. The maximum absolute atomic E-state index is 12.4. The van der Waals surface area contributed by atoms with Crippen LogP contribution in [0.15, 0.2) is 48.5 Å². The van der Waals surface area contributed by atoms with E-state index in [4.69, 9.17) is 9.47 Å². The van der Waals surface area contributed by atoms with E-state index in [-0.39, 0.29) is 12.0 Å². The molecular formula is C22H25N3O3. The van der Waals surface area contributed by atoms with Gasteiger partial charge >= 0.3 is 0 Å². The molecule has 146 valence electrons. The fourth-order valence-corrected chi connectivity index (χ4v) is 3.53. The van der Waals surface area contributed by atoms with Gasteiger partial charge in [0, 0.05) is 25.3 Å². The highest BCUT2D eigenvalue weighted by Gasteiger charge is 2.16. The Morgan fingerprint density at radius 2 is 2.07 bits per heavy atom. The number of amides is 1. The number of hydrogen-bond acceptors (Lipinski definition) is 4. The minimum atomic E-state index is -0.0900. The van der Waals surface area contributed by atoms with E-state index in [1.165, 1.54) is 0 Å². The fourth-order valence-electron chi connectivity index (χ4n) is 3.53. The van der Waals surface area contributed by atoms with Gasteiger partial charge in [-0.05, 0) is 56.2 Å². The number of aryl methyl sites for hydroxylation is 1. The van der Waals surface area contributed by atoms with Crippen molar-refractivity contribution < 1.29 is 14.3 Å².